The van der Waals surface area contributed by atoms with E-state index in [1.807, 2.05) is 6.92 Å². The molecule has 0 aliphatic heterocycles. The van der Waals surface area contributed by atoms with E-state index in [1.54, 1.807) is 12.1 Å². The third-order valence-electron chi connectivity index (χ3n) is 2.02. The predicted octanol–water partition coefficient (Wildman–Crippen LogP) is -0.726. The van der Waals surface area contributed by atoms with Gasteiger partial charge in [-0.1, -0.05) is 18.5 Å². The lowest BCUT2D eigenvalue weighted by molar-refractivity contribution is -0.383. The Bertz CT molecular complexity index is 375. The van der Waals surface area contributed by atoms with Crippen molar-refractivity contribution < 1.29 is 17.3 Å². The van der Waals surface area contributed by atoms with Gasteiger partial charge in [-0.3, -0.25) is 10.1 Å². The number of benzene rings is 1. The van der Waals surface area contributed by atoms with E-state index >= 15 is 0 Å². The number of hydrogen-bond acceptors (Lipinski definition) is 4. The molecule has 0 bridgehead atoms. The molecule has 0 aliphatic carbocycles. The van der Waals surface area contributed by atoms with Gasteiger partial charge in [-0.05, 0) is 18.7 Å². The van der Waals surface area contributed by atoms with E-state index in [-0.39, 0.29) is 18.1 Å². The van der Waals surface area contributed by atoms with Crippen LogP contribution in [0.1, 0.15) is 6.92 Å². The Kier molecular flexibility index (Phi) is 7.61. The quantitative estimate of drug-likeness (QED) is 0.409. The minimum Gasteiger partial charge on any atom is -1.00 e. The van der Waals surface area contributed by atoms with Crippen LogP contribution in [0.5, 0.6) is 0 Å². The van der Waals surface area contributed by atoms with Crippen LogP contribution in [0.2, 0.25) is 5.02 Å². The first-order valence-electron chi connectivity index (χ1n) is 5.03. The number of nitrogens with one attached hydrogen (secondary N) is 2. The molecule has 0 unspecified atom stereocenters. The Morgan fingerprint density at radius 3 is 2.71 bits per heavy atom. The van der Waals surface area contributed by atoms with Crippen molar-refractivity contribution in [2.75, 3.05) is 25.0 Å². The van der Waals surface area contributed by atoms with E-state index in [1.165, 1.54) is 6.07 Å². The molecule has 0 aromatic heterocycles. The summed E-state index contributed by atoms with van der Waals surface area (Å²) in [5.74, 6) is 0. The van der Waals surface area contributed by atoms with Crippen LogP contribution in [0.25, 0.3) is 0 Å². The first kappa shape index (κ1) is 16.0. The Balaban J connectivity index is 0.00000256. The van der Waals surface area contributed by atoms with Crippen LogP contribution in [-0.4, -0.2) is 24.6 Å². The van der Waals surface area contributed by atoms with Gasteiger partial charge in [0.2, 0.25) is 0 Å². The topological polar surface area (TPSA) is 67.2 Å². The Labute approximate surface area is 111 Å². The molecule has 0 spiro atoms. The number of anilines is 1. The monoisotopic (exact) mass is 278 g/mol. The molecule has 2 N–H and O–H groups in total. The van der Waals surface area contributed by atoms with E-state index in [4.69, 9.17) is 11.6 Å². The van der Waals surface area contributed by atoms with Crippen LogP contribution in [0.4, 0.5) is 11.4 Å². The number of hydrogen-bond donors (Lipinski definition) is 2. The summed E-state index contributed by atoms with van der Waals surface area (Å²) in [5, 5.41) is 17.2. The molecule has 0 saturated heterocycles. The van der Waals surface area contributed by atoms with Gasteiger partial charge >= 0.3 is 0 Å². The van der Waals surface area contributed by atoms with Crippen LogP contribution in [-0.2, 0) is 0 Å². The summed E-state index contributed by atoms with van der Waals surface area (Å²) >= 11 is 5.70. The molecular weight excluding hydrogens is 265 g/mol. The van der Waals surface area contributed by atoms with Crippen molar-refractivity contribution in [3.8, 4) is 0 Å². The fraction of sp³-hybridized carbons (Fsp3) is 0.400. The SMILES string of the molecule is CCNCCNc1ccc(Cl)cc1[N+](=O)[O-].[Cl-]. The number of nitrogens with zero attached hydrogens (tertiary/aromatic N) is 1. The number of nitro benzene ring substituents is 1. The van der Waals surface area contributed by atoms with Gasteiger partial charge in [0.05, 0.1) is 4.92 Å². The van der Waals surface area contributed by atoms with Crippen molar-refractivity contribution >= 4 is 23.0 Å². The zero-order valence-corrected chi connectivity index (χ0v) is 10.9. The van der Waals surface area contributed by atoms with Crippen LogP contribution in [0, 0.1) is 10.1 Å². The lowest BCUT2D eigenvalue weighted by Crippen LogP contribution is -3.00. The molecule has 0 saturated carbocycles. The third-order valence-corrected chi connectivity index (χ3v) is 2.26. The van der Waals surface area contributed by atoms with E-state index < -0.39 is 4.92 Å². The van der Waals surface area contributed by atoms with Crippen LogP contribution < -0.4 is 23.0 Å². The smallest absolute Gasteiger partial charge is 0.293 e. The van der Waals surface area contributed by atoms with Crippen LogP contribution >= 0.6 is 11.6 Å². The summed E-state index contributed by atoms with van der Waals surface area (Å²) in [6.07, 6.45) is 0. The maximum absolute atomic E-state index is 10.8. The zero-order valence-electron chi connectivity index (χ0n) is 9.37. The fourth-order valence-corrected chi connectivity index (χ4v) is 1.43. The first-order chi connectivity index (χ1) is 7.65. The molecule has 96 valence electrons. The third kappa shape index (κ3) is 5.21. The summed E-state index contributed by atoms with van der Waals surface area (Å²) in [6, 6.07) is 4.59. The molecule has 0 heterocycles. The van der Waals surface area contributed by atoms with Gasteiger partial charge in [0.15, 0.2) is 0 Å². The van der Waals surface area contributed by atoms with Crippen molar-refractivity contribution in [2.45, 2.75) is 6.92 Å². The average molecular weight is 279 g/mol. The molecule has 17 heavy (non-hydrogen) atoms. The first-order valence-corrected chi connectivity index (χ1v) is 5.41. The second-order valence-corrected chi connectivity index (χ2v) is 3.64. The van der Waals surface area contributed by atoms with Crippen LogP contribution in [0.15, 0.2) is 18.2 Å². The molecule has 0 amide bonds. The van der Waals surface area contributed by atoms with Gasteiger partial charge in [0.1, 0.15) is 5.69 Å². The van der Waals surface area contributed by atoms with Gasteiger partial charge in [-0.15, -0.1) is 0 Å². The molecule has 0 radical (unpaired) electrons. The number of rotatable bonds is 6. The minimum absolute atomic E-state index is 0. The van der Waals surface area contributed by atoms with Crippen LogP contribution in [0.3, 0.4) is 0 Å². The lowest BCUT2D eigenvalue weighted by atomic mass is 10.2. The Morgan fingerprint density at radius 2 is 2.12 bits per heavy atom. The van der Waals surface area contributed by atoms with Gasteiger partial charge in [0, 0.05) is 24.2 Å². The molecule has 5 nitrogen and oxygen atoms in total. The van der Waals surface area contributed by atoms with E-state index in [2.05, 4.69) is 10.6 Å². The summed E-state index contributed by atoms with van der Waals surface area (Å²) in [7, 11) is 0. The standard InChI is InChI=1S/C10H14ClN3O2.ClH/c1-2-12-5-6-13-9-4-3-8(11)7-10(9)14(15)16;/h3-4,7,12-13H,2,5-6H2,1H3;1H/p-1. The maximum Gasteiger partial charge on any atom is 0.293 e. The van der Waals surface area contributed by atoms with E-state index in [0.29, 0.717) is 17.3 Å². The van der Waals surface area contributed by atoms with Crippen molar-refractivity contribution in [2.24, 2.45) is 0 Å². The lowest BCUT2D eigenvalue weighted by Gasteiger charge is -2.07. The molecule has 0 aliphatic rings. The Hall–Kier alpha value is -1.04. The van der Waals surface area contributed by atoms with Crippen molar-refractivity contribution in [3.05, 3.63) is 33.3 Å². The molecule has 0 atom stereocenters. The van der Waals surface area contributed by atoms with Gasteiger partial charge in [0.25, 0.3) is 5.69 Å². The number of likely N-dealkylation sites (N-methyl/N-ethyl adjacent to an activating group) is 1. The average Bonchev–Trinajstić information content (AvgIpc) is 2.26. The Morgan fingerprint density at radius 1 is 1.41 bits per heavy atom. The van der Waals surface area contributed by atoms with Crippen molar-refractivity contribution in [1.82, 2.24) is 5.32 Å². The summed E-state index contributed by atoms with van der Waals surface area (Å²) in [4.78, 5) is 10.3. The molecular formula is C10H14Cl2N3O2-. The second-order valence-electron chi connectivity index (χ2n) is 3.20. The van der Waals surface area contributed by atoms with Crippen molar-refractivity contribution in [1.29, 1.82) is 0 Å². The highest BCUT2D eigenvalue weighted by Crippen LogP contribution is 2.27. The zero-order chi connectivity index (χ0) is 12.0. The highest BCUT2D eigenvalue weighted by atomic mass is 35.5. The summed E-state index contributed by atoms with van der Waals surface area (Å²) in [5.41, 5.74) is 0.497. The highest BCUT2D eigenvalue weighted by molar-refractivity contribution is 6.30. The van der Waals surface area contributed by atoms with Gasteiger partial charge in [-0.2, -0.15) is 0 Å². The van der Waals surface area contributed by atoms with E-state index in [0.717, 1.165) is 13.1 Å². The molecule has 7 heteroatoms. The molecule has 1 rings (SSSR count). The van der Waals surface area contributed by atoms with E-state index in [9.17, 15) is 10.1 Å². The summed E-state index contributed by atoms with van der Waals surface area (Å²) < 4.78 is 0. The van der Waals surface area contributed by atoms with Gasteiger partial charge < -0.3 is 23.0 Å². The fourth-order valence-electron chi connectivity index (χ4n) is 1.27. The largest absolute Gasteiger partial charge is 1.00 e. The predicted molar refractivity (Wildman–Crippen MR) is 65.1 cm³/mol. The normalized spacial score (nSPS) is 9.53. The number of nitro groups is 1. The van der Waals surface area contributed by atoms with Crippen molar-refractivity contribution in [3.63, 3.8) is 0 Å². The maximum atomic E-state index is 10.8. The minimum atomic E-state index is -0.443. The molecule has 1 aromatic carbocycles. The summed E-state index contributed by atoms with van der Waals surface area (Å²) in [6.45, 7) is 4.28. The second kappa shape index (κ2) is 8.11. The molecule has 1 aromatic rings. The highest BCUT2D eigenvalue weighted by Gasteiger charge is 2.13. The van der Waals surface area contributed by atoms with Gasteiger partial charge in [-0.25, -0.2) is 0 Å². The molecule has 0 fully saturated rings. The number of halogens is 2.